The molecule has 2 aromatic heterocycles. The zero-order valence-electron chi connectivity index (χ0n) is 18.3. The second kappa shape index (κ2) is 8.60. The van der Waals surface area contributed by atoms with E-state index in [-0.39, 0.29) is 5.91 Å². The number of aromatic nitrogens is 3. The molecule has 31 heavy (non-hydrogen) atoms. The Hall–Kier alpha value is -3.67. The van der Waals surface area contributed by atoms with Crippen LogP contribution in [-0.2, 0) is 13.1 Å². The Bertz CT molecular complexity index is 1260. The third kappa shape index (κ3) is 4.58. The molecule has 0 aliphatic carbocycles. The summed E-state index contributed by atoms with van der Waals surface area (Å²) in [5, 5.41) is 8.46. The van der Waals surface area contributed by atoms with E-state index in [1.165, 1.54) is 0 Å². The highest BCUT2D eigenvalue weighted by Crippen LogP contribution is 2.22. The third-order valence-electron chi connectivity index (χ3n) is 5.34. The van der Waals surface area contributed by atoms with E-state index in [1.54, 1.807) is 7.11 Å². The number of fused-ring (bicyclic) bond motifs is 1. The van der Waals surface area contributed by atoms with Gasteiger partial charge in [-0.2, -0.15) is 5.10 Å². The molecule has 158 valence electrons. The summed E-state index contributed by atoms with van der Waals surface area (Å²) < 4.78 is 7.25. The molecule has 0 unspecified atom stereocenters. The summed E-state index contributed by atoms with van der Waals surface area (Å²) in [5.41, 5.74) is 6.42. The van der Waals surface area contributed by atoms with Gasteiger partial charge in [0.2, 0.25) is 0 Å². The van der Waals surface area contributed by atoms with Gasteiger partial charge in [0, 0.05) is 23.7 Å². The average molecular weight is 415 g/mol. The summed E-state index contributed by atoms with van der Waals surface area (Å²) >= 11 is 0. The average Bonchev–Trinajstić information content (AvgIpc) is 3.07. The fraction of sp³-hybridized carbons (Fsp3) is 0.240. The lowest BCUT2D eigenvalue weighted by Gasteiger charge is -2.11. The Kier molecular flexibility index (Phi) is 5.71. The van der Waals surface area contributed by atoms with E-state index in [1.807, 2.05) is 54.9 Å². The minimum Gasteiger partial charge on any atom is -0.497 e. The molecule has 1 amide bonds. The Labute approximate surface area is 181 Å². The maximum absolute atomic E-state index is 12.8. The van der Waals surface area contributed by atoms with Gasteiger partial charge in [-0.25, -0.2) is 0 Å². The maximum Gasteiger partial charge on any atom is 0.253 e. The SMILES string of the molecule is COc1ccc2cc(C(=O)NCc3cccc(Cn4nc(C)cc4C)c3)c(C)nc2c1. The topological polar surface area (TPSA) is 69.0 Å². The third-order valence-corrected chi connectivity index (χ3v) is 5.34. The molecule has 0 atom stereocenters. The number of nitrogens with one attached hydrogen (secondary N) is 1. The number of amides is 1. The number of aryl methyl sites for hydroxylation is 3. The maximum atomic E-state index is 12.8. The summed E-state index contributed by atoms with van der Waals surface area (Å²) in [7, 11) is 1.63. The van der Waals surface area contributed by atoms with E-state index >= 15 is 0 Å². The summed E-state index contributed by atoms with van der Waals surface area (Å²) in [6.45, 7) is 7.06. The van der Waals surface area contributed by atoms with E-state index in [0.29, 0.717) is 24.3 Å². The molecular formula is C25H26N4O2. The van der Waals surface area contributed by atoms with Crippen LogP contribution < -0.4 is 10.1 Å². The lowest BCUT2D eigenvalue weighted by Crippen LogP contribution is -2.24. The van der Waals surface area contributed by atoms with Crippen molar-refractivity contribution >= 4 is 16.8 Å². The van der Waals surface area contributed by atoms with E-state index in [0.717, 1.165) is 39.2 Å². The van der Waals surface area contributed by atoms with Crippen molar-refractivity contribution in [3.8, 4) is 5.75 Å². The zero-order valence-corrected chi connectivity index (χ0v) is 18.3. The number of benzene rings is 2. The van der Waals surface area contributed by atoms with Crippen molar-refractivity contribution in [2.75, 3.05) is 7.11 Å². The number of carbonyl (C=O) groups is 1. The van der Waals surface area contributed by atoms with Gasteiger partial charge in [0.25, 0.3) is 5.91 Å². The van der Waals surface area contributed by atoms with Gasteiger partial charge in [0.15, 0.2) is 0 Å². The molecule has 4 rings (SSSR count). The first-order chi connectivity index (χ1) is 14.9. The molecule has 2 heterocycles. The van der Waals surface area contributed by atoms with Crippen LogP contribution in [0.15, 0.2) is 54.6 Å². The predicted molar refractivity (Wildman–Crippen MR) is 121 cm³/mol. The van der Waals surface area contributed by atoms with Crippen molar-refractivity contribution in [3.05, 3.63) is 88.4 Å². The Morgan fingerprint density at radius 2 is 1.84 bits per heavy atom. The van der Waals surface area contributed by atoms with E-state index < -0.39 is 0 Å². The number of nitrogens with zero attached hydrogens (tertiary/aromatic N) is 3. The van der Waals surface area contributed by atoms with Crippen molar-refractivity contribution in [2.45, 2.75) is 33.9 Å². The Morgan fingerprint density at radius 3 is 2.58 bits per heavy atom. The van der Waals surface area contributed by atoms with Crippen molar-refractivity contribution in [3.63, 3.8) is 0 Å². The fourth-order valence-corrected chi connectivity index (χ4v) is 3.72. The fourth-order valence-electron chi connectivity index (χ4n) is 3.72. The molecule has 2 aromatic carbocycles. The Morgan fingerprint density at radius 1 is 1.03 bits per heavy atom. The van der Waals surface area contributed by atoms with Gasteiger partial charge in [-0.05, 0) is 56.2 Å². The predicted octanol–water partition coefficient (Wildman–Crippen LogP) is 4.34. The van der Waals surface area contributed by atoms with Crippen molar-refractivity contribution in [2.24, 2.45) is 0 Å². The van der Waals surface area contributed by atoms with Crippen LogP contribution in [-0.4, -0.2) is 27.8 Å². The summed E-state index contributed by atoms with van der Waals surface area (Å²) in [5.74, 6) is 0.614. The smallest absolute Gasteiger partial charge is 0.253 e. The van der Waals surface area contributed by atoms with Crippen LogP contribution in [0.3, 0.4) is 0 Å². The van der Waals surface area contributed by atoms with Crippen LogP contribution in [0.1, 0.15) is 38.6 Å². The number of methoxy groups -OCH3 is 1. The van der Waals surface area contributed by atoms with Gasteiger partial charge in [-0.3, -0.25) is 14.5 Å². The van der Waals surface area contributed by atoms with Gasteiger partial charge in [0.05, 0.1) is 36.1 Å². The van der Waals surface area contributed by atoms with E-state index in [4.69, 9.17) is 4.74 Å². The van der Waals surface area contributed by atoms with Gasteiger partial charge in [0.1, 0.15) is 5.75 Å². The highest BCUT2D eigenvalue weighted by molar-refractivity contribution is 5.98. The molecule has 0 saturated carbocycles. The number of pyridine rings is 1. The van der Waals surface area contributed by atoms with E-state index in [2.05, 4.69) is 40.5 Å². The highest BCUT2D eigenvalue weighted by atomic mass is 16.5. The van der Waals surface area contributed by atoms with Crippen LogP contribution in [0.5, 0.6) is 5.75 Å². The van der Waals surface area contributed by atoms with Crippen LogP contribution in [0.25, 0.3) is 10.9 Å². The molecule has 0 saturated heterocycles. The number of rotatable bonds is 6. The first kappa shape index (κ1) is 20.6. The molecule has 4 aromatic rings. The van der Waals surface area contributed by atoms with Crippen LogP contribution in [0.2, 0.25) is 0 Å². The zero-order chi connectivity index (χ0) is 22.0. The molecule has 0 bridgehead atoms. The first-order valence-electron chi connectivity index (χ1n) is 10.3. The summed E-state index contributed by atoms with van der Waals surface area (Å²) in [6.07, 6.45) is 0. The molecular weight excluding hydrogens is 388 g/mol. The van der Waals surface area contributed by atoms with Gasteiger partial charge >= 0.3 is 0 Å². The van der Waals surface area contributed by atoms with Gasteiger partial charge in [-0.15, -0.1) is 0 Å². The molecule has 0 fully saturated rings. The number of ether oxygens (including phenoxy) is 1. The number of hydrogen-bond donors (Lipinski definition) is 1. The molecule has 1 N–H and O–H groups in total. The minimum absolute atomic E-state index is 0.133. The van der Waals surface area contributed by atoms with Crippen molar-refractivity contribution in [1.82, 2.24) is 20.1 Å². The highest BCUT2D eigenvalue weighted by Gasteiger charge is 2.12. The van der Waals surface area contributed by atoms with Gasteiger partial charge in [-0.1, -0.05) is 24.3 Å². The van der Waals surface area contributed by atoms with E-state index in [9.17, 15) is 4.79 Å². The van der Waals surface area contributed by atoms with Crippen molar-refractivity contribution < 1.29 is 9.53 Å². The largest absolute Gasteiger partial charge is 0.497 e. The lowest BCUT2D eigenvalue weighted by atomic mass is 10.1. The molecule has 0 aliphatic heterocycles. The summed E-state index contributed by atoms with van der Waals surface area (Å²) in [6, 6.07) is 17.8. The second-order valence-corrected chi connectivity index (χ2v) is 7.77. The lowest BCUT2D eigenvalue weighted by molar-refractivity contribution is 0.0950. The Balaban J connectivity index is 1.47. The van der Waals surface area contributed by atoms with Crippen LogP contribution >= 0.6 is 0 Å². The normalized spacial score (nSPS) is 11.0. The summed E-state index contributed by atoms with van der Waals surface area (Å²) in [4.78, 5) is 17.4. The van der Waals surface area contributed by atoms with Crippen LogP contribution in [0, 0.1) is 20.8 Å². The molecule has 0 radical (unpaired) electrons. The quantitative estimate of drug-likeness (QED) is 0.509. The number of carbonyl (C=O) groups excluding carboxylic acids is 1. The standard InChI is InChI=1S/C25H26N4O2/c1-16-10-17(2)29(28-16)15-20-7-5-6-19(11-20)14-26-25(30)23-12-21-8-9-22(31-4)13-24(21)27-18(23)3/h5-13H,14-15H2,1-4H3,(H,26,30). The monoisotopic (exact) mass is 414 g/mol. The van der Waals surface area contributed by atoms with Gasteiger partial charge < -0.3 is 10.1 Å². The second-order valence-electron chi connectivity index (χ2n) is 7.77. The molecule has 0 aliphatic rings. The van der Waals surface area contributed by atoms with Crippen molar-refractivity contribution in [1.29, 1.82) is 0 Å². The minimum atomic E-state index is -0.133. The number of hydrogen-bond acceptors (Lipinski definition) is 4. The van der Waals surface area contributed by atoms with Crippen LogP contribution in [0.4, 0.5) is 0 Å². The molecule has 6 heteroatoms. The molecule has 6 nitrogen and oxygen atoms in total. The first-order valence-corrected chi connectivity index (χ1v) is 10.3. The molecule has 0 spiro atoms.